The third-order valence-electron chi connectivity index (χ3n) is 4.63. The van der Waals surface area contributed by atoms with Gasteiger partial charge in [-0.05, 0) is 0 Å². The lowest BCUT2D eigenvalue weighted by Crippen LogP contribution is -2.43. The number of imidazole rings is 1. The number of aromatic nitrogens is 3. The molecule has 1 fully saturated rings. The van der Waals surface area contributed by atoms with Crippen LogP contribution in [0.25, 0.3) is 0 Å². The normalized spacial score (nSPS) is 22.2. The minimum Gasteiger partial charge on any atom is -0.379 e. The van der Waals surface area contributed by atoms with Crippen molar-refractivity contribution in [2.45, 2.75) is 13.1 Å². The number of carbonyl (C=O) groups is 1. The van der Waals surface area contributed by atoms with Crippen molar-refractivity contribution in [1.29, 1.82) is 0 Å². The molecule has 1 saturated heterocycles. The number of hydrogen-bond acceptors (Lipinski definition) is 6. The Hall–Kier alpha value is -1.77. The molecular formula is C16H21N5O2S. The summed E-state index contributed by atoms with van der Waals surface area (Å²) < 4.78 is 7.62. The first-order valence-electron chi connectivity index (χ1n) is 8.27. The zero-order valence-electron chi connectivity index (χ0n) is 13.5. The van der Waals surface area contributed by atoms with Crippen molar-refractivity contribution >= 4 is 17.2 Å². The molecule has 2 aromatic heterocycles. The predicted molar refractivity (Wildman–Crippen MR) is 89.8 cm³/mol. The van der Waals surface area contributed by atoms with Crippen LogP contribution in [0.5, 0.6) is 0 Å². The van der Waals surface area contributed by atoms with Gasteiger partial charge in [0.15, 0.2) is 0 Å². The van der Waals surface area contributed by atoms with E-state index in [-0.39, 0.29) is 5.91 Å². The third-order valence-corrected chi connectivity index (χ3v) is 5.21. The van der Waals surface area contributed by atoms with Gasteiger partial charge >= 0.3 is 0 Å². The van der Waals surface area contributed by atoms with Gasteiger partial charge in [0.2, 0.25) is 0 Å². The molecule has 0 radical (unpaired) electrons. The Morgan fingerprint density at radius 2 is 2.17 bits per heavy atom. The topological polar surface area (TPSA) is 63.5 Å². The third kappa shape index (κ3) is 3.35. The highest BCUT2D eigenvalue weighted by Crippen LogP contribution is 2.19. The number of carbonyl (C=O) groups excluding carboxylic acids is 1. The lowest BCUT2D eigenvalue weighted by Gasteiger charge is -2.31. The molecule has 0 aliphatic carbocycles. The van der Waals surface area contributed by atoms with Crippen LogP contribution in [0.1, 0.15) is 16.3 Å². The molecule has 4 rings (SSSR count). The van der Waals surface area contributed by atoms with Gasteiger partial charge in [0.25, 0.3) is 5.91 Å². The van der Waals surface area contributed by atoms with Crippen LogP contribution in [0.4, 0.5) is 0 Å². The Labute approximate surface area is 144 Å². The summed E-state index contributed by atoms with van der Waals surface area (Å²) in [6.07, 6.45) is 3.83. The molecule has 24 heavy (non-hydrogen) atoms. The Bertz CT molecular complexity index is 680. The second kappa shape index (κ2) is 7.00. The number of fused-ring (bicyclic) bond motifs is 1. The standard InChI is InChI=1S/C16H21N5O2S/c22-16(14-11-24-12-18-14)21-9-13(7-19-3-5-23-6-4-19)8-20-2-1-17-15(20)10-21/h1-2,11-13H,3-10H2/t13-/m1/s1. The molecule has 0 aromatic carbocycles. The first kappa shape index (κ1) is 15.7. The van der Waals surface area contributed by atoms with E-state index in [0.29, 0.717) is 18.2 Å². The number of ether oxygens (including phenoxy) is 1. The van der Waals surface area contributed by atoms with Crippen LogP contribution in [-0.4, -0.2) is 69.6 Å². The van der Waals surface area contributed by atoms with Crippen molar-refractivity contribution in [2.75, 3.05) is 39.4 Å². The second-order valence-corrected chi connectivity index (χ2v) is 7.05. The van der Waals surface area contributed by atoms with E-state index < -0.39 is 0 Å². The highest BCUT2D eigenvalue weighted by atomic mass is 32.1. The van der Waals surface area contributed by atoms with Crippen molar-refractivity contribution in [2.24, 2.45) is 5.92 Å². The van der Waals surface area contributed by atoms with Crippen LogP contribution in [0, 0.1) is 5.92 Å². The van der Waals surface area contributed by atoms with E-state index in [1.807, 2.05) is 22.7 Å². The first-order chi connectivity index (χ1) is 11.8. The quantitative estimate of drug-likeness (QED) is 0.827. The summed E-state index contributed by atoms with van der Waals surface area (Å²) in [5.74, 6) is 1.32. The Morgan fingerprint density at radius 1 is 1.29 bits per heavy atom. The van der Waals surface area contributed by atoms with Gasteiger partial charge in [-0.25, -0.2) is 9.97 Å². The van der Waals surface area contributed by atoms with E-state index in [2.05, 4.69) is 19.4 Å². The molecule has 4 heterocycles. The lowest BCUT2D eigenvalue weighted by atomic mass is 10.1. The molecule has 2 aliphatic rings. The van der Waals surface area contributed by atoms with Gasteiger partial charge in [0.1, 0.15) is 11.5 Å². The van der Waals surface area contributed by atoms with Crippen molar-refractivity contribution in [1.82, 2.24) is 24.3 Å². The summed E-state index contributed by atoms with van der Waals surface area (Å²) in [7, 11) is 0. The van der Waals surface area contributed by atoms with Crippen LogP contribution in [0.2, 0.25) is 0 Å². The van der Waals surface area contributed by atoms with Gasteiger partial charge < -0.3 is 14.2 Å². The summed E-state index contributed by atoms with van der Waals surface area (Å²) in [6.45, 7) is 6.67. The zero-order chi connectivity index (χ0) is 16.4. The molecule has 128 valence electrons. The second-order valence-electron chi connectivity index (χ2n) is 6.33. The largest absolute Gasteiger partial charge is 0.379 e. The average molecular weight is 347 g/mol. The zero-order valence-corrected chi connectivity index (χ0v) is 14.3. The fraction of sp³-hybridized carbons (Fsp3) is 0.562. The summed E-state index contributed by atoms with van der Waals surface area (Å²) in [4.78, 5) is 25.7. The maximum Gasteiger partial charge on any atom is 0.273 e. The Balaban J connectivity index is 1.53. The number of amides is 1. The Morgan fingerprint density at radius 3 is 2.96 bits per heavy atom. The molecular weight excluding hydrogens is 326 g/mol. The molecule has 0 N–H and O–H groups in total. The lowest BCUT2D eigenvalue weighted by molar-refractivity contribution is 0.0263. The fourth-order valence-corrected chi connectivity index (χ4v) is 3.97. The van der Waals surface area contributed by atoms with E-state index >= 15 is 0 Å². The van der Waals surface area contributed by atoms with Crippen molar-refractivity contribution in [3.05, 3.63) is 34.8 Å². The average Bonchev–Trinajstić information content (AvgIpc) is 3.24. The van der Waals surface area contributed by atoms with E-state index in [4.69, 9.17) is 4.74 Å². The van der Waals surface area contributed by atoms with Crippen LogP contribution >= 0.6 is 11.3 Å². The van der Waals surface area contributed by atoms with Gasteiger partial charge in [-0.2, -0.15) is 0 Å². The maximum atomic E-state index is 12.8. The van der Waals surface area contributed by atoms with Gasteiger partial charge in [-0.1, -0.05) is 0 Å². The van der Waals surface area contributed by atoms with Gasteiger partial charge in [-0.3, -0.25) is 9.69 Å². The first-order valence-corrected chi connectivity index (χ1v) is 9.21. The predicted octanol–water partition coefficient (Wildman–Crippen LogP) is 0.944. The molecule has 0 bridgehead atoms. The molecule has 0 saturated carbocycles. The van der Waals surface area contributed by atoms with E-state index in [1.165, 1.54) is 11.3 Å². The van der Waals surface area contributed by atoms with E-state index in [0.717, 1.165) is 51.8 Å². The van der Waals surface area contributed by atoms with Crippen molar-refractivity contribution < 1.29 is 9.53 Å². The molecule has 2 aromatic rings. The highest BCUT2D eigenvalue weighted by molar-refractivity contribution is 7.07. The van der Waals surface area contributed by atoms with Crippen LogP contribution in [0.15, 0.2) is 23.3 Å². The monoisotopic (exact) mass is 347 g/mol. The maximum absolute atomic E-state index is 12.8. The number of rotatable bonds is 3. The molecule has 2 aliphatic heterocycles. The van der Waals surface area contributed by atoms with Crippen molar-refractivity contribution in [3.63, 3.8) is 0 Å². The van der Waals surface area contributed by atoms with Gasteiger partial charge in [0.05, 0.1) is 25.3 Å². The number of morpholine rings is 1. The molecule has 1 atom stereocenters. The molecule has 8 heteroatoms. The molecule has 0 unspecified atom stereocenters. The smallest absolute Gasteiger partial charge is 0.273 e. The van der Waals surface area contributed by atoms with Crippen LogP contribution < -0.4 is 0 Å². The number of thiazole rings is 1. The molecule has 1 amide bonds. The SMILES string of the molecule is O=C(c1cscn1)N1Cc2nccn2C[C@@H](CN2CCOCC2)C1. The van der Waals surface area contributed by atoms with Crippen LogP contribution in [0.3, 0.4) is 0 Å². The van der Waals surface area contributed by atoms with Gasteiger partial charge in [0, 0.05) is 56.4 Å². The fourth-order valence-electron chi connectivity index (χ4n) is 3.44. The number of hydrogen-bond donors (Lipinski definition) is 0. The van der Waals surface area contributed by atoms with Gasteiger partial charge in [-0.15, -0.1) is 11.3 Å². The summed E-state index contributed by atoms with van der Waals surface area (Å²) >= 11 is 1.45. The number of nitrogens with zero attached hydrogens (tertiary/aromatic N) is 5. The van der Waals surface area contributed by atoms with E-state index in [1.54, 1.807) is 5.51 Å². The molecule has 7 nitrogen and oxygen atoms in total. The highest BCUT2D eigenvalue weighted by Gasteiger charge is 2.28. The minimum atomic E-state index is -0.000299. The van der Waals surface area contributed by atoms with Crippen molar-refractivity contribution in [3.8, 4) is 0 Å². The summed E-state index contributed by atoms with van der Waals surface area (Å²) in [6, 6.07) is 0. The summed E-state index contributed by atoms with van der Waals surface area (Å²) in [5.41, 5.74) is 2.24. The molecule has 0 spiro atoms. The Kier molecular flexibility index (Phi) is 4.59. The minimum absolute atomic E-state index is 0.000299. The van der Waals surface area contributed by atoms with Crippen LogP contribution in [-0.2, 0) is 17.8 Å². The summed E-state index contributed by atoms with van der Waals surface area (Å²) in [5, 5.41) is 1.82. The van der Waals surface area contributed by atoms with E-state index in [9.17, 15) is 4.79 Å².